The zero-order chi connectivity index (χ0) is 11.4. The van der Waals surface area contributed by atoms with Crippen LogP contribution in [0.15, 0.2) is 36.4 Å². The van der Waals surface area contributed by atoms with Crippen LogP contribution < -0.4 is 0 Å². The van der Waals surface area contributed by atoms with E-state index >= 15 is 0 Å². The molecule has 0 saturated carbocycles. The van der Waals surface area contributed by atoms with Crippen molar-refractivity contribution in [2.24, 2.45) is 0 Å². The minimum Gasteiger partial charge on any atom is -0.392 e. The van der Waals surface area contributed by atoms with Crippen LogP contribution in [0.2, 0.25) is 0 Å². The van der Waals surface area contributed by atoms with Crippen molar-refractivity contribution in [3.63, 3.8) is 0 Å². The second kappa shape index (κ2) is 5.08. The van der Waals surface area contributed by atoms with Gasteiger partial charge in [0, 0.05) is 12.8 Å². The number of carbonyl (C=O) groups is 1. The Morgan fingerprint density at radius 1 is 1.12 bits per heavy atom. The highest BCUT2D eigenvalue weighted by Crippen LogP contribution is 2.16. The van der Waals surface area contributed by atoms with Gasteiger partial charge in [-0.2, -0.15) is 0 Å². The standard InChI is InChI=1S/C14H16O2/c15-13-7-3-4-8-14(16)10-12-6-2-1-5-11(12)9-13/h1-6,13,15H,7-10H2. The van der Waals surface area contributed by atoms with Gasteiger partial charge < -0.3 is 5.11 Å². The monoisotopic (exact) mass is 216 g/mol. The second-order valence-corrected chi connectivity index (χ2v) is 4.25. The SMILES string of the molecule is O=C1CC=CCC(O)Cc2ccccc2C1. The minimum absolute atomic E-state index is 0.236. The Morgan fingerprint density at radius 3 is 2.69 bits per heavy atom. The third-order valence-corrected chi connectivity index (χ3v) is 2.88. The number of allylic oxidation sites excluding steroid dienone is 1. The summed E-state index contributed by atoms with van der Waals surface area (Å²) in [6.45, 7) is 0. The van der Waals surface area contributed by atoms with Crippen molar-refractivity contribution in [3.05, 3.63) is 47.5 Å². The van der Waals surface area contributed by atoms with Gasteiger partial charge in [-0.3, -0.25) is 4.79 Å². The number of benzene rings is 1. The fraction of sp³-hybridized carbons (Fsp3) is 0.357. The first-order valence-electron chi connectivity index (χ1n) is 5.67. The number of aliphatic hydroxyl groups is 1. The van der Waals surface area contributed by atoms with Gasteiger partial charge >= 0.3 is 0 Å². The molecule has 0 aliphatic heterocycles. The van der Waals surface area contributed by atoms with Gasteiger partial charge in [0.1, 0.15) is 5.78 Å². The molecule has 0 amide bonds. The molecule has 84 valence electrons. The van der Waals surface area contributed by atoms with Crippen molar-refractivity contribution in [1.29, 1.82) is 0 Å². The van der Waals surface area contributed by atoms with Gasteiger partial charge in [-0.25, -0.2) is 0 Å². The maximum Gasteiger partial charge on any atom is 0.141 e. The van der Waals surface area contributed by atoms with Gasteiger partial charge in [0.15, 0.2) is 0 Å². The molecule has 1 aliphatic carbocycles. The largest absolute Gasteiger partial charge is 0.392 e. The molecule has 1 aromatic carbocycles. The average Bonchev–Trinajstić information content (AvgIpc) is 2.27. The average molecular weight is 216 g/mol. The summed E-state index contributed by atoms with van der Waals surface area (Å²) < 4.78 is 0. The van der Waals surface area contributed by atoms with E-state index in [2.05, 4.69) is 0 Å². The first-order valence-corrected chi connectivity index (χ1v) is 5.67. The number of aliphatic hydroxyl groups excluding tert-OH is 1. The number of ketones is 1. The number of Topliss-reactive ketones (excluding diaryl/α,β-unsaturated/α-hetero) is 1. The predicted octanol–water partition coefficient (Wildman–Crippen LogP) is 2.05. The summed E-state index contributed by atoms with van der Waals surface area (Å²) in [6.07, 6.45) is 5.63. The maximum atomic E-state index is 11.6. The van der Waals surface area contributed by atoms with Crippen molar-refractivity contribution < 1.29 is 9.90 Å². The minimum atomic E-state index is -0.342. The van der Waals surface area contributed by atoms with Gasteiger partial charge in [-0.05, 0) is 24.0 Å². The van der Waals surface area contributed by atoms with Gasteiger partial charge in [-0.15, -0.1) is 0 Å². The quantitative estimate of drug-likeness (QED) is 0.674. The van der Waals surface area contributed by atoms with Crippen LogP contribution >= 0.6 is 0 Å². The molecular formula is C14H16O2. The highest BCUT2D eigenvalue weighted by molar-refractivity contribution is 5.82. The topological polar surface area (TPSA) is 37.3 Å². The van der Waals surface area contributed by atoms with E-state index in [-0.39, 0.29) is 11.9 Å². The Bertz CT molecular complexity index is 407. The van der Waals surface area contributed by atoms with Crippen LogP contribution in [0, 0.1) is 0 Å². The molecule has 1 aliphatic rings. The summed E-state index contributed by atoms with van der Waals surface area (Å²) in [7, 11) is 0. The van der Waals surface area contributed by atoms with E-state index < -0.39 is 0 Å². The Balaban J connectivity index is 2.28. The zero-order valence-electron chi connectivity index (χ0n) is 9.23. The van der Waals surface area contributed by atoms with E-state index in [1.165, 1.54) is 0 Å². The lowest BCUT2D eigenvalue weighted by Crippen LogP contribution is -2.13. The van der Waals surface area contributed by atoms with Crippen LogP contribution in [0.25, 0.3) is 0 Å². The van der Waals surface area contributed by atoms with Gasteiger partial charge in [0.2, 0.25) is 0 Å². The molecule has 0 spiro atoms. The highest BCUT2D eigenvalue weighted by Gasteiger charge is 2.11. The Morgan fingerprint density at radius 2 is 1.88 bits per heavy atom. The summed E-state index contributed by atoms with van der Waals surface area (Å²) in [5, 5.41) is 9.81. The molecular weight excluding hydrogens is 200 g/mol. The molecule has 16 heavy (non-hydrogen) atoms. The lowest BCUT2D eigenvalue weighted by atomic mass is 9.95. The van der Waals surface area contributed by atoms with E-state index in [0.717, 1.165) is 11.1 Å². The van der Waals surface area contributed by atoms with Crippen LogP contribution in [-0.2, 0) is 17.6 Å². The molecule has 1 unspecified atom stereocenters. The van der Waals surface area contributed by atoms with Crippen LogP contribution in [0.5, 0.6) is 0 Å². The number of fused-ring (bicyclic) bond motifs is 1. The number of hydrogen-bond acceptors (Lipinski definition) is 2. The summed E-state index contributed by atoms with van der Waals surface area (Å²) in [6, 6.07) is 7.88. The van der Waals surface area contributed by atoms with Gasteiger partial charge in [0.05, 0.1) is 6.10 Å². The first-order chi connectivity index (χ1) is 7.75. The van der Waals surface area contributed by atoms with Crippen LogP contribution in [0.1, 0.15) is 24.0 Å². The Labute approximate surface area is 95.6 Å². The molecule has 1 atom stereocenters. The molecule has 1 aromatic rings. The lowest BCUT2D eigenvalue weighted by Gasteiger charge is -2.13. The normalized spacial score (nSPS) is 21.6. The predicted molar refractivity (Wildman–Crippen MR) is 63.2 cm³/mol. The first kappa shape index (κ1) is 11.1. The van der Waals surface area contributed by atoms with E-state index in [1.54, 1.807) is 0 Å². The molecule has 0 bridgehead atoms. The summed E-state index contributed by atoms with van der Waals surface area (Å²) in [4.78, 5) is 11.6. The zero-order valence-corrected chi connectivity index (χ0v) is 9.23. The fourth-order valence-electron chi connectivity index (χ4n) is 2.02. The molecule has 2 rings (SSSR count). The van der Waals surface area contributed by atoms with Crippen molar-refractivity contribution in [1.82, 2.24) is 0 Å². The number of hydrogen-bond donors (Lipinski definition) is 1. The maximum absolute atomic E-state index is 11.6. The lowest BCUT2D eigenvalue weighted by molar-refractivity contribution is -0.117. The molecule has 0 radical (unpaired) electrons. The van der Waals surface area contributed by atoms with Crippen molar-refractivity contribution >= 4 is 5.78 Å². The van der Waals surface area contributed by atoms with Gasteiger partial charge in [0.25, 0.3) is 0 Å². The third kappa shape index (κ3) is 2.80. The van der Waals surface area contributed by atoms with Crippen LogP contribution in [0.4, 0.5) is 0 Å². The molecule has 0 fully saturated rings. The van der Waals surface area contributed by atoms with E-state index in [1.807, 2.05) is 36.4 Å². The summed E-state index contributed by atoms with van der Waals surface area (Å²) >= 11 is 0. The molecule has 0 heterocycles. The van der Waals surface area contributed by atoms with E-state index in [4.69, 9.17) is 0 Å². The van der Waals surface area contributed by atoms with E-state index in [9.17, 15) is 9.90 Å². The van der Waals surface area contributed by atoms with Crippen molar-refractivity contribution in [2.45, 2.75) is 31.8 Å². The van der Waals surface area contributed by atoms with Crippen LogP contribution in [-0.4, -0.2) is 17.0 Å². The molecule has 0 aromatic heterocycles. The summed E-state index contributed by atoms with van der Waals surface area (Å²) in [5.41, 5.74) is 2.15. The molecule has 0 saturated heterocycles. The fourth-order valence-corrected chi connectivity index (χ4v) is 2.02. The number of carbonyl (C=O) groups excluding carboxylic acids is 1. The third-order valence-electron chi connectivity index (χ3n) is 2.88. The Kier molecular flexibility index (Phi) is 3.52. The van der Waals surface area contributed by atoms with Crippen molar-refractivity contribution in [2.75, 3.05) is 0 Å². The van der Waals surface area contributed by atoms with Crippen LogP contribution in [0.3, 0.4) is 0 Å². The molecule has 2 nitrogen and oxygen atoms in total. The Hall–Kier alpha value is -1.41. The summed E-state index contributed by atoms with van der Waals surface area (Å²) in [5.74, 6) is 0.236. The smallest absolute Gasteiger partial charge is 0.141 e. The van der Waals surface area contributed by atoms with Gasteiger partial charge in [-0.1, -0.05) is 36.4 Å². The molecule has 2 heteroatoms. The second-order valence-electron chi connectivity index (χ2n) is 4.25. The van der Waals surface area contributed by atoms with E-state index in [0.29, 0.717) is 25.7 Å². The molecule has 1 N–H and O–H groups in total. The highest BCUT2D eigenvalue weighted by atomic mass is 16.3. The number of rotatable bonds is 0. The van der Waals surface area contributed by atoms with Crippen molar-refractivity contribution in [3.8, 4) is 0 Å².